The molecule has 0 saturated heterocycles. The Morgan fingerprint density at radius 2 is 2.10 bits per heavy atom. The number of benzene rings is 1. The van der Waals surface area contributed by atoms with Crippen molar-refractivity contribution >= 4 is 45.0 Å². The molecule has 8 heteroatoms. The zero-order valence-corrected chi connectivity index (χ0v) is 12.6. The Labute approximate surface area is 128 Å². The molecule has 0 spiro atoms. The number of thiophene rings is 1. The van der Waals surface area contributed by atoms with Gasteiger partial charge in [0.15, 0.2) is 0 Å². The second-order valence-electron chi connectivity index (χ2n) is 4.29. The quantitative estimate of drug-likeness (QED) is 0.450. The van der Waals surface area contributed by atoms with Crippen molar-refractivity contribution in [1.82, 2.24) is 9.97 Å². The summed E-state index contributed by atoms with van der Waals surface area (Å²) >= 11 is 2.76. The van der Waals surface area contributed by atoms with Crippen LogP contribution in [0.3, 0.4) is 0 Å². The third kappa shape index (κ3) is 2.67. The van der Waals surface area contributed by atoms with Gasteiger partial charge in [0.2, 0.25) is 5.95 Å². The van der Waals surface area contributed by atoms with Gasteiger partial charge in [-0.1, -0.05) is 23.9 Å². The molecule has 0 atom stereocenters. The van der Waals surface area contributed by atoms with E-state index in [0.29, 0.717) is 9.92 Å². The number of aryl methyl sites for hydroxylation is 1. The van der Waals surface area contributed by atoms with Crippen LogP contribution in [-0.4, -0.2) is 14.9 Å². The zero-order valence-electron chi connectivity index (χ0n) is 10.9. The molecule has 0 unspecified atom stereocenters. The van der Waals surface area contributed by atoms with Crippen LogP contribution in [0.5, 0.6) is 0 Å². The van der Waals surface area contributed by atoms with E-state index in [4.69, 9.17) is 5.73 Å². The molecule has 0 fully saturated rings. The Bertz CT molecular complexity index is 847. The second-order valence-corrected chi connectivity index (χ2v) is 6.56. The predicted octanol–water partition coefficient (Wildman–Crippen LogP) is 3.64. The van der Waals surface area contributed by atoms with Crippen molar-refractivity contribution in [1.29, 1.82) is 0 Å². The van der Waals surface area contributed by atoms with Crippen molar-refractivity contribution < 1.29 is 4.92 Å². The fraction of sp³-hybridized carbons (Fsp3) is 0.0769. The maximum atomic E-state index is 11.1. The van der Waals surface area contributed by atoms with Crippen LogP contribution in [0, 0.1) is 17.0 Å². The zero-order chi connectivity index (χ0) is 15.0. The fourth-order valence-electron chi connectivity index (χ4n) is 1.91. The number of nitrogen functional groups attached to an aromatic ring is 1. The number of nitrogens with two attached hydrogens (primary N) is 1. The number of nitrogens with zero attached hydrogens (tertiary/aromatic N) is 3. The molecule has 0 aliphatic carbocycles. The van der Waals surface area contributed by atoms with E-state index < -0.39 is 4.92 Å². The third-order valence-corrected chi connectivity index (χ3v) is 4.78. The number of hydrogen-bond acceptors (Lipinski definition) is 7. The van der Waals surface area contributed by atoms with Gasteiger partial charge < -0.3 is 5.73 Å². The molecule has 2 N–H and O–H groups in total. The lowest BCUT2D eigenvalue weighted by Gasteiger charge is -2.04. The Morgan fingerprint density at radius 1 is 1.33 bits per heavy atom. The van der Waals surface area contributed by atoms with Gasteiger partial charge in [-0.3, -0.25) is 10.1 Å². The minimum Gasteiger partial charge on any atom is -0.368 e. The van der Waals surface area contributed by atoms with Crippen LogP contribution in [0.2, 0.25) is 0 Å². The van der Waals surface area contributed by atoms with Gasteiger partial charge in [-0.05, 0) is 19.1 Å². The van der Waals surface area contributed by atoms with Crippen molar-refractivity contribution in [3.63, 3.8) is 0 Å². The van der Waals surface area contributed by atoms with E-state index in [-0.39, 0.29) is 11.6 Å². The van der Waals surface area contributed by atoms with E-state index in [9.17, 15) is 10.1 Å². The Morgan fingerprint density at radius 3 is 2.86 bits per heavy atom. The van der Waals surface area contributed by atoms with E-state index in [1.165, 1.54) is 29.2 Å². The molecule has 0 amide bonds. The molecule has 6 nitrogen and oxygen atoms in total. The lowest BCUT2D eigenvalue weighted by molar-refractivity contribution is -0.387. The highest BCUT2D eigenvalue weighted by Crippen LogP contribution is 2.38. The molecule has 2 aromatic heterocycles. The summed E-state index contributed by atoms with van der Waals surface area (Å²) in [5, 5.41) is 12.6. The molecule has 0 bridgehead atoms. The lowest BCUT2D eigenvalue weighted by atomic mass is 10.3. The van der Waals surface area contributed by atoms with Gasteiger partial charge in [-0.2, -0.15) is 0 Å². The number of aromatic nitrogens is 2. The van der Waals surface area contributed by atoms with Crippen LogP contribution in [-0.2, 0) is 0 Å². The number of para-hydroxylation sites is 1. The van der Waals surface area contributed by atoms with Crippen LogP contribution in [0.4, 0.5) is 11.6 Å². The van der Waals surface area contributed by atoms with Gasteiger partial charge in [0.25, 0.3) is 5.69 Å². The van der Waals surface area contributed by atoms with Crippen molar-refractivity contribution in [3.05, 3.63) is 45.3 Å². The summed E-state index contributed by atoms with van der Waals surface area (Å²) in [4.78, 5) is 21.5. The molecule has 1 aromatic carbocycles. The van der Waals surface area contributed by atoms with Crippen molar-refractivity contribution in [2.24, 2.45) is 0 Å². The van der Waals surface area contributed by atoms with E-state index >= 15 is 0 Å². The molecule has 3 rings (SSSR count). The summed E-state index contributed by atoms with van der Waals surface area (Å²) < 4.78 is 0. The Kier molecular flexibility index (Phi) is 3.48. The first-order valence-corrected chi connectivity index (χ1v) is 7.63. The summed E-state index contributed by atoms with van der Waals surface area (Å²) in [6, 6.07) is 8.54. The number of nitro groups is 1. The summed E-state index contributed by atoms with van der Waals surface area (Å²) in [5.74, 6) is 0.172. The van der Waals surface area contributed by atoms with Crippen LogP contribution < -0.4 is 5.73 Å². The van der Waals surface area contributed by atoms with Crippen LogP contribution in [0.1, 0.15) is 4.88 Å². The molecule has 106 valence electrons. The van der Waals surface area contributed by atoms with Crippen LogP contribution >= 0.6 is 23.1 Å². The first-order chi connectivity index (χ1) is 10.0. The van der Waals surface area contributed by atoms with E-state index in [0.717, 1.165) is 15.1 Å². The molecule has 0 saturated carbocycles. The van der Waals surface area contributed by atoms with Gasteiger partial charge >= 0.3 is 0 Å². The van der Waals surface area contributed by atoms with Gasteiger partial charge in [-0.15, -0.1) is 11.3 Å². The molecular weight excluding hydrogens is 308 g/mol. The van der Waals surface area contributed by atoms with Gasteiger partial charge in [0.1, 0.15) is 9.86 Å². The largest absolute Gasteiger partial charge is 0.368 e. The van der Waals surface area contributed by atoms with Gasteiger partial charge in [0, 0.05) is 16.3 Å². The Hall–Kier alpha value is -2.19. The van der Waals surface area contributed by atoms with E-state index in [1.807, 2.05) is 13.0 Å². The second kappa shape index (κ2) is 5.30. The van der Waals surface area contributed by atoms with Crippen LogP contribution in [0.15, 0.2) is 40.3 Å². The standard InChI is InChI=1S/C13H10N4O2S2/c1-7-6-8-11(20-7)15-13(14)16-12(8)21-10-5-3-2-4-9(10)17(18)19/h2-6H,1H3,(H2,14,15,16). The number of nitro benzene ring substituents is 1. The topological polar surface area (TPSA) is 94.9 Å². The molecule has 3 aromatic rings. The normalized spacial score (nSPS) is 10.9. The first kappa shape index (κ1) is 13.8. The van der Waals surface area contributed by atoms with Crippen LogP contribution in [0.25, 0.3) is 10.2 Å². The van der Waals surface area contributed by atoms with Gasteiger partial charge in [-0.25, -0.2) is 9.97 Å². The summed E-state index contributed by atoms with van der Waals surface area (Å²) in [6.07, 6.45) is 0. The SMILES string of the molecule is Cc1cc2c(Sc3ccccc3[N+](=O)[O-])nc(N)nc2s1. The minimum absolute atomic E-state index is 0.0554. The number of anilines is 1. The summed E-state index contributed by atoms with van der Waals surface area (Å²) in [5.41, 5.74) is 5.78. The highest BCUT2D eigenvalue weighted by molar-refractivity contribution is 7.99. The molecule has 21 heavy (non-hydrogen) atoms. The lowest BCUT2D eigenvalue weighted by Crippen LogP contribution is -1.96. The van der Waals surface area contributed by atoms with E-state index in [1.54, 1.807) is 18.2 Å². The predicted molar refractivity (Wildman–Crippen MR) is 83.8 cm³/mol. The number of rotatable bonds is 3. The maximum absolute atomic E-state index is 11.1. The molecule has 0 aliphatic heterocycles. The minimum atomic E-state index is -0.400. The smallest absolute Gasteiger partial charge is 0.283 e. The van der Waals surface area contributed by atoms with E-state index in [2.05, 4.69) is 9.97 Å². The Balaban J connectivity index is 2.12. The summed E-state index contributed by atoms with van der Waals surface area (Å²) in [6.45, 7) is 1.97. The maximum Gasteiger partial charge on any atom is 0.283 e. The van der Waals surface area contributed by atoms with Gasteiger partial charge in [0.05, 0.1) is 9.82 Å². The highest BCUT2D eigenvalue weighted by Gasteiger charge is 2.17. The highest BCUT2D eigenvalue weighted by atomic mass is 32.2. The molecule has 2 heterocycles. The average molecular weight is 318 g/mol. The third-order valence-electron chi connectivity index (χ3n) is 2.77. The van der Waals surface area contributed by atoms with Crippen molar-refractivity contribution in [2.75, 3.05) is 5.73 Å². The molecular formula is C13H10N4O2S2. The van der Waals surface area contributed by atoms with Crippen molar-refractivity contribution in [3.8, 4) is 0 Å². The fourth-order valence-corrected chi connectivity index (χ4v) is 3.87. The number of hydrogen-bond donors (Lipinski definition) is 1. The number of fused-ring (bicyclic) bond motifs is 1. The molecule has 0 radical (unpaired) electrons. The first-order valence-electron chi connectivity index (χ1n) is 5.99. The molecule has 0 aliphatic rings. The summed E-state index contributed by atoms with van der Waals surface area (Å²) in [7, 11) is 0. The monoisotopic (exact) mass is 318 g/mol. The average Bonchev–Trinajstić information content (AvgIpc) is 2.79. The van der Waals surface area contributed by atoms with Crippen molar-refractivity contribution in [2.45, 2.75) is 16.8 Å².